The standard InChI is InChI=1S/C17H21NO2/c1-13-4-8-15(9-5-13)18-17(2,12-19)14-6-10-16(20-3)11-7-14/h4-11,18-19H,12H2,1-3H3. The number of aryl methyl sites for hydroxylation is 1. The van der Waals surface area contributed by atoms with Gasteiger partial charge < -0.3 is 15.2 Å². The van der Waals surface area contributed by atoms with E-state index >= 15 is 0 Å². The van der Waals surface area contributed by atoms with Gasteiger partial charge in [-0.1, -0.05) is 29.8 Å². The monoisotopic (exact) mass is 271 g/mol. The van der Waals surface area contributed by atoms with Crippen molar-refractivity contribution in [3.63, 3.8) is 0 Å². The molecule has 0 heterocycles. The molecule has 3 heteroatoms. The highest BCUT2D eigenvalue weighted by atomic mass is 16.5. The molecule has 0 radical (unpaired) electrons. The fraction of sp³-hybridized carbons (Fsp3) is 0.294. The van der Waals surface area contributed by atoms with E-state index in [1.54, 1.807) is 7.11 Å². The molecule has 1 atom stereocenters. The Balaban J connectivity index is 2.25. The Labute approximate surface area is 120 Å². The third kappa shape index (κ3) is 3.11. The van der Waals surface area contributed by atoms with Gasteiger partial charge in [-0.05, 0) is 43.7 Å². The lowest BCUT2D eigenvalue weighted by atomic mass is 9.92. The molecule has 2 aromatic rings. The number of methoxy groups -OCH3 is 1. The lowest BCUT2D eigenvalue weighted by molar-refractivity contribution is 0.224. The van der Waals surface area contributed by atoms with Gasteiger partial charge >= 0.3 is 0 Å². The first-order valence-electron chi connectivity index (χ1n) is 6.67. The zero-order valence-electron chi connectivity index (χ0n) is 12.2. The Hall–Kier alpha value is -2.00. The first-order chi connectivity index (χ1) is 9.57. The second-order valence-corrected chi connectivity index (χ2v) is 5.21. The largest absolute Gasteiger partial charge is 0.497 e. The number of aliphatic hydroxyl groups is 1. The maximum absolute atomic E-state index is 9.79. The zero-order valence-corrected chi connectivity index (χ0v) is 12.2. The van der Waals surface area contributed by atoms with E-state index in [9.17, 15) is 5.11 Å². The highest BCUT2D eigenvalue weighted by molar-refractivity contribution is 5.49. The minimum atomic E-state index is -0.526. The highest BCUT2D eigenvalue weighted by Crippen LogP contribution is 2.27. The molecule has 1 unspecified atom stereocenters. The van der Waals surface area contributed by atoms with Crippen LogP contribution in [0.25, 0.3) is 0 Å². The van der Waals surface area contributed by atoms with E-state index in [2.05, 4.69) is 12.2 Å². The van der Waals surface area contributed by atoms with Gasteiger partial charge in [0.15, 0.2) is 0 Å². The molecule has 0 saturated carbocycles. The molecule has 0 bridgehead atoms. The van der Waals surface area contributed by atoms with Crippen molar-refractivity contribution in [2.24, 2.45) is 0 Å². The van der Waals surface area contributed by atoms with Crippen molar-refractivity contribution in [1.29, 1.82) is 0 Å². The molecule has 0 fully saturated rings. The van der Waals surface area contributed by atoms with Gasteiger partial charge in [0, 0.05) is 5.69 Å². The molecular weight excluding hydrogens is 250 g/mol. The predicted octanol–water partition coefficient (Wildman–Crippen LogP) is 3.32. The summed E-state index contributed by atoms with van der Waals surface area (Å²) in [6, 6.07) is 15.9. The third-order valence-electron chi connectivity index (χ3n) is 3.52. The van der Waals surface area contributed by atoms with Crippen molar-refractivity contribution < 1.29 is 9.84 Å². The molecule has 0 amide bonds. The van der Waals surface area contributed by atoms with Crippen LogP contribution in [0.3, 0.4) is 0 Å². The zero-order chi connectivity index (χ0) is 14.6. The Morgan fingerprint density at radius 1 is 1.05 bits per heavy atom. The Kier molecular flexibility index (Phi) is 4.30. The van der Waals surface area contributed by atoms with Crippen LogP contribution >= 0.6 is 0 Å². The molecule has 0 aromatic heterocycles. The number of benzene rings is 2. The van der Waals surface area contributed by atoms with Gasteiger partial charge in [0.2, 0.25) is 0 Å². The molecular formula is C17H21NO2. The lowest BCUT2D eigenvalue weighted by Gasteiger charge is -2.30. The maximum Gasteiger partial charge on any atom is 0.118 e. The van der Waals surface area contributed by atoms with Crippen LogP contribution in [0, 0.1) is 6.92 Å². The van der Waals surface area contributed by atoms with E-state index in [-0.39, 0.29) is 6.61 Å². The minimum Gasteiger partial charge on any atom is -0.497 e. The summed E-state index contributed by atoms with van der Waals surface area (Å²) in [4.78, 5) is 0. The van der Waals surface area contributed by atoms with Crippen LogP contribution in [0.4, 0.5) is 5.69 Å². The van der Waals surface area contributed by atoms with Crippen molar-refractivity contribution in [2.45, 2.75) is 19.4 Å². The number of hydrogen-bond acceptors (Lipinski definition) is 3. The van der Waals surface area contributed by atoms with Gasteiger partial charge in [-0.15, -0.1) is 0 Å². The molecule has 0 aliphatic carbocycles. The van der Waals surface area contributed by atoms with Crippen molar-refractivity contribution >= 4 is 5.69 Å². The van der Waals surface area contributed by atoms with Gasteiger partial charge in [-0.25, -0.2) is 0 Å². The summed E-state index contributed by atoms with van der Waals surface area (Å²) in [5, 5.41) is 13.2. The normalized spacial score (nSPS) is 13.6. The van der Waals surface area contributed by atoms with Crippen LogP contribution in [-0.4, -0.2) is 18.8 Å². The van der Waals surface area contributed by atoms with E-state index in [4.69, 9.17) is 4.74 Å². The van der Waals surface area contributed by atoms with Gasteiger partial charge in [0.25, 0.3) is 0 Å². The van der Waals surface area contributed by atoms with Crippen LogP contribution in [-0.2, 0) is 5.54 Å². The van der Waals surface area contributed by atoms with E-state index < -0.39 is 5.54 Å². The number of ether oxygens (including phenoxy) is 1. The fourth-order valence-electron chi connectivity index (χ4n) is 2.12. The summed E-state index contributed by atoms with van der Waals surface area (Å²) in [7, 11) is 1.64. The van der Waals surface area contributed by atoms with Crippen molar-refractivity contribution in [3.05, 3.63) is 59.7 Å². The Bertz CT molecular complexity index is 548. The summed E-state index contributed by atoms with van der Waals surface area (Å²) in [6.07, 6.45) is 0. The molecule has 0 saturated heterocycles. The first kappa shape index (κ1) is 14.4. The quantitative estimate of drug-likeness (QED) is 0.876. The summed E-state index contributed by atoms with van der Waals surface area (Å²) in [6.45, 7) is 4.04. The fourth-order valence-corrected chi connectivity index (χ4v) is 2.12. The summed E-state index contributed by atoms with van der Waals surface area (Å²) < 4.78 is 5.16. The summed E-state index contributed by atoms with van der Waals surface area (Å²) >= 11 is 0. The number of nitrogens with one attached hydrogen (secondary N) is 1. The van der Waals surface area contributed by atoms with Crippen LogP contribution in [0.1, 0.15) is 18.1 Å². The van der Waals surface area contributed by atoms with Crippen molar-refractivity contribution in [2.75, 3.05) is 19.0 Å². The number of hydrogen-bond donors (Lipinski definition) is 2. The molecule has 0 aliphatic rings. The average Bonchev–Trinajstić information content (AvgIpc) is 2.49. The SMILES string of the molecule is COc1ccc(C(C)(CO)Nc2ccc(C)cc2)cc1. The molecule has 2 aromatic carbocycles. The Morgan fingerprint density at radius 3 is 2.15 bits per heavy atom. The number of aliphatic hydroxyl groups excluding tert-OH is 1. The van der Waals surface area contributed by atoms with Crippen molar-refractivity contribution in [3.8, 4) is 5.75 Å². The molecule has 106 valence electrons. The molecule has 0 aliphatic heterocycles. The van der Waals surface area contributed by atoms with Crippen LogP contribution in [0.2, 0.25) is 0 Å². The van der Waals surface area contributed by atoms with Crippen LogP contribution in [0.5, 0.6) is 5.75 Å². The number of rotatable bonds is 5. The molecule has 2 rings (SSSR count). The van der Waals surface area contributed by atoms with E-state index in [0.29, 0.717) is 0 Å². The first-order valence-corrected chi connectivity index (χ1v) is 6.67. The predicted molar refractivity (Wildman–Crippen MR) is 82.2 cm³/mol. The lowest BCUT2D eigenvalue weighted by Crippen LogP contribution is -2.35. The van der Waals surface area contributed by atoms with Gasteiger partial charge in [0.05, 0.1) is 19.3 Å². The Morgan fingerprint density at radius 2 is 1.65 bits per heavy atom. The summed E-state index contributed by atoms with van der Waals surface area (Å²) in [5.41, 5.74) is 2.69. The molecule has 0 spiro atoms. The van der Waals surface area contributed by atoms with Gasteiger partial charge in [0.1, 0.15) is 5.75 Å². The van der Waals surface area contributed by atoms with Gasteiger partial charge in [-0.2, -0.15) is 0 Å². The van der Waals surface area contributed by atoms with E-state index in [1.807, 2.05) is 55.5 Å². The van der Waals surface area contributed by atoms with E-state index in [1.165, 1.54) is 5.56 Å². The third-order valence-corrected chi connectivity index (χ3v) is 3.52. The highest BCUT2D eigenvalue weighted by Gasteiger charge is 2.25. The molecule has 20 heavy (non-hydrogen) atoms. The van der Waals surface area contributed by atoms with Crippen LogP contribution < -0.4 is 10.1 Å². The second-order valence-electron chi connectivity index (χ2n) is 5.21. The molecule has 2 N–H and O–H groups in total. The smallest absolute Gasteiger partial charge is 0.118 e. The minimum absolute atomic E-state index is 0.00715. The molecule has 3 nitrogen and oxygen atoms in total. The van der Waals surface area contributed by atoms with Crippen molar-refractivity contribution in [1.82, 2.24) is 0 Å². The van der Waals surface area contributed by atoms with E-state index in [0.717, 1.165) is 17.0 Å². The van der Waals surface area contributed by atoms with Gasteiger partial charge in [-0.3, -0.25) is 0 Å². The number of anilines is 1. The van der Waals surface area contributed by atoms with Crippen LogP contribution in [0.15, 0.2) is 48.5 Å². The summed E-state index contributed by atoms with van der Waals surface area (Å²) in [5.74, 6) is 0.810. The second kappa shape index (κ2) is 5.97. The topological polar surface area (TPSA) is 41.5 Å². The maximum atomic E-state index is 9.79. The average molecular weight is 271 g/mol.